The first kappa shape index (κ1) is 29.0. The fourth-order valence-electron chi connectivity index (χ4n) is 3.37. The van der Waals surface area contributed by atoms with Crippen LogP contribution in [0.25, 0.3) is 0 Å². The van der Waals surface area contributed by atoms with Crippen LogP contribution < -0.4 is 19.1 Å². The van der Waals surface area contributed by atoms with E-state index in [1.807, 2.05) is 6.92 Å². The molecule has 0 radical (unpaired) electrons. The van der Waals surface area contributed by atoms with Crippen molar-refractivity contribution in [3.05, 3.63) is 78.9 Å². The van der Waals surface area contributed by atoms with Gasteiger partial charge >= 0.3 is 0 Å². The van der Waals surface area contributed by atoms with Gasteiger partial charge in [-0.2, -0.15) is 0 Å². The number of nitrogens with zero attached hydrogens (tertiary/aromatic N) is 2. The lowest BCUT2D eigenvalue weighted by atomic mass is 10.3. The number of nitrogens with one attached hydrogen (secondary N) is 1. The normalized spacial score (nSPS) is 11.7. The van der Waals surface area contributed by atoms with Crippen molar-refractivity contribution < 1.29 is 31.1 Å². The number of hydrogen-bond donors (Lipinski definition) is 1. The highest BCUT2D eigenvalue weighted by Gasteiger charge is 2.27. The van der Waals surface area contributed by atoms with Crippen LogP contribution in [0.4, 0.5) is 5.69 Å². The predicted octanol–water partition coefficient (Wildman–Crippen LogP) is 2.73. The molecule has 0 aliphatic rings. The highest BCUT2D eigenvalue weighted by molar-refractivity contribution is 7.92. The molecule has 1 N–H and O–H groups in total. The largest absolute Gasteiger partial charge is 0.494 e. The first-order valence-electron chi connectivity index (χ1n) is 11.8. The van der Waals surface area contributed by atoms with Crippen molar-refractivity contribution >= 4 is 31.6 Å². The molecule has 38 heavy (non-hydrogen) atoms. The van der Waals surface area contributed by atoms with Crippen LogP contribution in [-0.4, -0.2) is 67.4 Å². The number of benzene rings is 3. The van der Waals surface area contributed by atoms with Crippen molar-refractivity contribution in [3.63, 3.8) is 0 Å². The van der Waals surface area contributed by atoms with E-state index in [1.54, 1.807) is 42.5 Å². The Morgan fingerprint density at radius 3 is 1.89 bits per heavy atom. The molecule has 0 bridgehead atoms. The maximum Gasteiger partial charge on any atom is 0.264 e. The van der Waals surface area contributed by atoms with Gasteiger partial charge in [-0.25, -0.2) is 21.1 Å². The van der Waals surface area contributed by atoms with E-state index in [2.05, 4.69) is 5.32 Å². The average molecular weight is 562 g/mol. The van der Waals surface area contributed by atoms with E-state index in [1.165, 1.54) is 50.5 Å². The molecule has 3 rings (SSSR count). The SMILES string of the molecule is CCOc1ccc(N(CC(=O)NCCOc2ccc(S(=O)(=O)N(C)C)cc2)S(=O)(=O)c2ccccc2)cc1. The van der Waals surface area contributed by atoms with Crippen molar-refractivity contribution in [2.75, 3.05) is 44.7 Å². The molecule has 0 aliphatic heterocycles. The quantitative estimate of drug-likeness (QED) is 0.319. The van der Waals surface area contributed by atoms with Gasteiger partial charge in [0.15, 0.2) is 0 Å². The molecule has 0 spiro atoms. The van der Waals surface area contributed by atoms with E-state index >= 15 is 0 Å². The van der Waals surface area contributed by atoms with Crippen LogP contribution in [0.15, 0.2) is 88.7 Å². The van der Waals surface area contributed by atoms with Crippen LogP contribution in [0.2, 0.25) is 0 Å². The summed E-state index contributed by atoms with van der Waals surface area (Å²) >= 11 is 0. The van der Waals surface area contributed by atoms with E-state index in [4.69, 9.17) is 9.47 Å². The molecule has 0 unspecified atom stereocenters. The minimum absolute atomic E-state index is 0.0599. The summed E-state index contributed by atoms with van der Waals surface area (Å²) in [5.74, 6) is 0.497. The van der Waals surface area contributed by atoms with Crippen molar-refractivity contribution in [3.8, 4) is 11.5 Å². The molecule has 1 amide bonds. The molecule has 0 heterocycles. The fourth-order valence-corrected chi connectivity index (χ4v) is 5.72. The Morgan fingerprint density at radius 2 is 1.32 bits per heavy atom. The van der Waals surface area contributed by atoms with E-state index in [-0.39, 0.29) is 22.9 Å². The van der Waals surface area contributed by atoms with Gasteiger partial charge in [0.05, 0.1) is 28.6 Å². The number of amides is 1. The zero-order valence-corrected chi connectivity index (χ0v) is 23.0. The van der Waals surface area contributed by atoms with Gasteiger partial charge in [-0.3, -0.25) is 9.10 Å². The lowest BCUT2D eigenvalue weighted by Crippen LogP contribution is -2.41. The lowest BCUT2D eigenvalue weighted by molar-refractivity contribution is -0.119. The minimum atomic E-state index is -4.02. The smallest absolute Gasteiger partial charge is 0.264 e. The fraction of sp³-hybridized carbons (Fsp3) is 0.269. The third-order valence-corrected chi connectivity index (χ3v) is 8.97. The average Bonchev–Trinajstić information content (AvgIpc) is 2.91. The number of anilines is 1. The number of rotatable bonds is 13. The van der Waals surface area contributed by atoms with E-state index in [0.717, 1.165) is 8.61 Å². The molecule has 10 nitrogen and oxygen atoms in total. The molecule has 0 fully saturated rings. The van der Waals surface area contributed by atoms with Crippen molar-refractivity contribution in [2.24, 2.45) is 0 Å². The van der Waals surface area contributed by atoms with E-state index < -0.39 is 32.5 Å². The topological polar surface area (TPSA) is 122 Å². The Morgan fingerprint density at radius 1 is 0.763 bits per heavy atom. The van der Waals surface area contributed by atoms with Crippen LogP contribution in [0, 0.1) is 0 Å². The zero-order chi connectivity index (χ0) is 27.8. The monoisotopic (exact) mass is 561 g/mol. The maximum absolute atomic E-state index is 13.4. The molecule has 3 aromatic rings. The highest BCUT2D eigenvalue weighted by atomic mass is 32.2. The summed E-state index contributed by atoms with van der Waals surface area (Å²) in [4.78, 5) is 12.9. The van der Waals surface area contributed by atoms with E-state index in [0.29, 0.717) is 23.8 Å². The second kappa shape index (κ2) is 12.8. The Bertz CT molecular complexity index is 1410. The van der Waals surface area contributed by atoms with Gasteiger partial charge in [0, 0.05) is 14.1 Å². The summed E-state index contributed by atoms with van der Waals surface area (Å²) in [6, 6.07) is 20.3. The molecule has 204 valence electrons. The highest BCUT2D eigenvalue weighted by Crippen LogP contribution is 2.26. The zero-order valence-electron chi connectivity index (χ0n) is 21.4. The number of sulfonamides is 2. The van der Waals surface area contributed by atoms with Gasteiger partial charge in [-0.1, -0.05) is 18.2 Å². The van der Waals surface area contributed by atoms with Crippen LogP contribution in [-0.2, 0) is 24.8 Å². The van der Waals surface area contributed by atoms with Crippen LogP contribution >= 0.6 is 0 Å². The number of hydrogen-bond acceptors (Lipinski definition) is 7. The number of carbonyl (C=O) groups is 1. The van der Waals surface area contributed by atoms with Gasteiger partial charge in [-0.05, 0) is 67.6 Å². The number of ether oxygens (including phenoxy) is 2. The minimum Gasteiger partial charge on any atom is -0.494 e. The molecule has 0 aliphatic carbocycles. The van der Waals surface area contributed by atoms with Gasteiger partial charge in [0.2, 0.25) is 15.9 Å². The van der Waals surface area contributed by atoms with Gasteiger partial charge in [0.25, 0.3) is 10.0 Å². The summed E-state index contributed by atoms with van der Waals surface area (Å²) in [6.07, 6.45) is 0. The van der Waals surface area contributed by atoms with E-state index in [9.17, 15) is 21.6 Å². The first-order chi connectivity index (χ1) is 18.1. The lowest BCUT2D eigenvalue weighted by Gasteiger charge is -2.24. The number of carbonyl (C=O) groups excluding carboxylic acids is 1. The first-order valence-corrected chi connectivity index (χ1v) is 14.7. The summed E-state index contributed by atoms with van der Waals surface area (Å²) in [6.45, 7) is 2.08. The van der Waals surface area contributed by atoms with Crippen LogP contribution in [0.5, 0.6) is 11.5 Å². The van der Waals surface area contributed by atoms with Gasteiger partial charge < -0.3 is 14.8 Å². The molecule has 0 saturated heterocycles. The molecule has 12 heteroatoms. The Labute approximate surface area is 223 Å². The summed E-state index contributed by atoms with van der Waals surface area (Å²) in [7, 11) is -4.67. The summed E-state index contributed by atoms with van der Waals surface area (Å²) in [5.41, 5.74) is 0.316. The predicted molar refractivity (Wildman–Crippen MR) is 144 cm³/mol. The van der Waals surface area contributed by atoms with Gasteiger partial charge in [0.1, 0.15) is 24.7 Å². The second-order valence-electron chi connectivity index (χ2n) is 8.21. The summed E-state index contributed by atoms with van der Waals surface area (Å²) in [5, 5.41) is 2.66. The Hall–Kier alpha value is -3.61. The Kier molecular flexibility index (Phi) is 9.72. The Balaban J connectivity index is 1.64. The maximum atomic E-state index is 13.4. The van der Waals surface area contributed by atoms with Gasteiger partial charge in [-0.15, -0.1) is 0 Å². The molecule has 0 aromatic heterocycles. The molecule has 3 aromatic carbocycles. The molecular weight excluding hydrogens is 530 g/mol. The van der Waals surface area contributed by atoms with Crippen LogP contribution in [0.1, 0.15) is 6.92 Å². The summed E-state index contributed by atoms with van der Waals surface area (Å²) < 4.78 is 64.2. The van der Waals surface area contributed by atoms with Crippen LogP contribution in [0.3, 0.4) is 0 Å². The van der Waals surface area contributed by atoms with Crippen molar-refractivity contribution in [1.82, 2.24) is 9.62 Å². The third-order valence-electron chi connectivity index (χ3n) is 5.35. The molecule has 0 saturated carbocycles. The van der Waals surface area contributed by atoms with Crippen molar-refractivity contribution in [1.29, 1.82) is 0 Å². The standard InChI is InChI=1S/C26H31N3O7S2/c1-4-35-22-12-10-21(11-13-22)29(38(33,34)24-8-6-5-7-9-24)20-26(30)27-18-19-36-23-14-16-25(17-15-23)37(31,32)28(2)3/h5-17H,4,18-20H2,1-3H3,(H,27,30). The second-order valence-corrected chi connectivity index (χ2v) is 12.2. The third kappa shape index (κ3) is 7.24. The molecular formula is C26H31N3O7S2. The van der Waals surface area contributed by atoms with Crippen molar-refractivity contribution in [2.45, 2.75) is 16.7 Å². The molecule has 0 atom stereocenters.